The van der Waals surface area contributed by atoms with E-state index in [1.807, 2.05) is 17.9 Å². The molecule has 1 aromatic heterocycles. The highest BCUT2D eigenvalue weighted by Crippen LogP contribution is 2.27. The molecule has 2 aliphatic rings. The third-order valence-corrected chi connectivity index (χ3v) is 6.13. The number of fused-ring (bicyclic) bond motifs is 1. The quantitative estimate of drug-likeness (QED) is 0.725. The molecule has 2 aromatic rings. The molecule has 0 saturated carbocycles. The summed E-state index contributed by atoms with van der Waals surface area (Å²) < 4.78 is 0. The highest BCUT2D eigenvalue weighted by atomic mass is 16.2. The van der Waals surface area contributed by atoms with Gasteiger partial charge in [-0.25, -0.2) is 14.8 Å². The minimum atomic E-state index is 0.0446. The van der Waals surface area contributed by atoms with Crippen LogP contribution < -0.4 is 15.1 Å². The zero-order valence-corrected chi connectivity index (χ0v) is 19.0. The van der Waals surface area contributed by atoms with Gasteiger partial charge in [-0.05, 0) is 31.4 Å². The Morgan fingerprint density at radius 1 is 1.10 bits per heavy atom. The standard InChI is InChI=1S/C24H34N6O/c1-18(2)23-26-19(3)17-22(27-23)29-13-15-30(16-14-29)24(31)25-10-6-11-28-12-9-20-7-4-5-8-21(20)28/h4-5,7-8,17-18H,6,9-16H2,1-3H3,(H,25,31). The van der Waals surface area contributed by atoms with Crippen molar-refractivity contribution >= 4 is 17.5 Å². The maximum absolute atomic E-state index is 12.6. The molecule has 1 fully saturated rings. The summed E-state index contributed by atoms with van der Waals surface area (Å²) >= 11 is 0. The average Bonchev–Trinajstić information content (AvgIpc) is 3.19. The highest BCUT2D eigenvalue weighted by molar-refractivity contribution is 5.74. The van der Waals surface area contributed by atoms with E-state index in [2.05, 4.69) is 58.2 Å². The van der Waals surface area contributed by atoms with Gasteiger partial charge >= 0.3 is 6.03 Å². The minimum Gasteiger partial charge on any atom is -0.371 e. The van der Waals surface area contributed by atoms with E-state index in [1.165, 1.54) is 11.3 Å². The summed E-state index contributed by atoms with van der Waals surface area (Å²) in [5, 5.41) is 3.10. The SMILES string of the molecule is Cc1cc(N2CCN(C(=O)NCCCN3CCc4ccccc43)CC2)nc(C(C)C)n1. The van der Waals surface area contributed by atoms with Crippen LogP contribution in [0, 0.1) is 6.92 Å². The Bertz CT molecular complexity index is 907. The molecule has 7 heteroatoms. The Balaban J connectivity index is 1.20. The number of piperazine rings is 1. The van der Waals surface area contributed by atoms with Crippen LogP contribution in [0.15, 0.2) is 30.3 Å². The summed E-state index contributed by atoms with van der Waals surface area (Å²) in [6.07, 6.45) is 2.08. The molecule has 4 rings (SSSR count). The topological polar surface area (TPSA) is 64.6 Å². The largest absolute Gasteiger partial charge is 0.371 e. The van der Waals surface area contributed by atoms with Crippen LogP contribution in [0.3, 0.4) is 0 Å². The minimum absolute atomic E-state index is 0.0446. The van der Waals surface area contributed by atoms with Gasteiger partial charge in [0.15, 0.2) is 0 Å². The van der Waals surface area contributed by atoms with E-state index in [4.69, 9.17) is 4.98 Å². The van der Waals surface area contributed by atoms with Crippen molar-refractivity contribution in [2.24, 2.45) is 0 Å². The zero-order valence-electron chi connectivity index (χ0n) is 19.0. The number of hydrogen-bond acceptors (Lipinski definition) is 5. The molecule has 166 valence electrons. The van der Waals surface area contributed by atoms with Crippen LogP contribution >= 0.6 is 0 Å². The molecule has 0 radical (unpaired) electrons. The van der Waals surface area contributed by atoms with Gasteiger partial charge in [0, 0.05) is 69.2 Å². The predicted octanol–water partition coefficient (Wildman–Crippen LogP) is 3.19. The van der Waals surface area contributed by atoms with E-state index >= 15 is 0 Å². The van der Waals surface area contributed by atoms with Gasteiger partial charge in [0.25, 0.3) is 0 Å². The molecule has 1 aromatic carbocycles. The fourth-order valence-electron chi connectivity index (χ4n) is 4.35. The fourth-order valence-corrected chi connectivity index (χ4v) is 4.35. The van der Waals surface area contributed by atoms with Crippen molar-refractivity contribution in [3.8, 4) is 0 Å². The fraction of sp³-hybridized carbons (Fsp3) is 0.542. The first-order valence-electron chi connectivity index (χ1n) is 11.5. The second-order valence-electron chi connectivity index (χ2n) is 8.81. The summed E-state index contributed by atoms with van der Waals surface area (Å²) in [4.78, 5) is 28.5. The van der Waals surface area contributed by atoms with E-state index in [0.717, 1.165) is 56.4 Å². The van der Waals surface area contributed by atoms with E-state index < -0.39 is 0 Å². The Labute approximate surface area is 185 Å². The molecule has 1 N–H and O–H groups in total. The molecule has 0 spiro atoms. The summed E-state index contributed by atoms with van der Waals surface area (Å²) in [7, 11) is 0. The smallest absolute Gasteiger partial charge is 0.317 e. The van der Waals surface area contributed by atoms with E-state index in [1.54, 1.807) is 0 Å². The van der Waals surface area contributed by atoms with Crippen LogP contribution in [0.4, 0.5) is 16.3 Å². The Morgan fingerprint density at radius 3 is 2.65 bits per heavy atom. The van der Waals surface area contributed by atoms with Gasteiger partial charge in [-0.3, -0.25) is 0 Å². The summed E-state index contributed by atoms with van der Waals surface area (Å²) in [5.41, 5.74) is 3.78. The van der Waals surface area contributed by atoms with Crippen molar-refractivity contribution in [1.29, 1.82) is 0 Å². The lowest BCUT2D eigenvalue weighted by atomic mass is 10.2. The number of rotatable bonds is 6. The second kappa shape index (κ2) is 9.54. The molecule has 3 heterocycles. The number of amides is 2. The first-order chi connectivity index (χ1) is 15.0. The molecular weight excluding hydrogens is 388 g/mol. The first kappa shape index (κ1) is 21.4. The van der Waals surface area contributed by atoms with Crippen LogP contribution in [-0.4, -0.2) is 66.7 Å². The first-order valence-corrected chi connectivity index (χ1v) is 11.5. The monoisotopic (exact) mass is 422 g/mol. The Kier molecular flexibility index (Phi) is 6.59. The average molecular weight is 423 g/mol. The number of aryl methyl sites for hydroxylation is 1. The molecule has 2 aliphatic heterocycles. The van der Waals surface area contributed by atoms with Crippen molar-refractivity contribution in [1.82, 2.24) is 20.2 Å². The number of aromatic nitrogens is 2. The van der Waals surface area contributed by atoms with E-state index in [-0.39, 0.29) is 6.03 Å². The maximum Gasteiger partial charge on any atom is 0.317 e. The third kappa shape index (κ3) is 5.09. The van der Waals surface area contributed by atoms with Crippen molar-refractivity contribution in [3.05, 3.63) is 47.4 Å². The maximum atomic E-state index is 12.6. The molecule has 0 bridgehead atoms. The zero-order chi connectivity index (χ0) is 21.8. The number of carbonyl (C=O) groups is 1. The number of urea groups is 1. The predicted molar refractivity (Wildman–Crippen MR) is 125 cm³/mol. The number of para-hydroxylation sites is 1. The summed E-state index contributed by atoms with van der Waals surface area (Å²) in [5.74, 6) is 2.16. The molecular formula is C24H34N6O. The van der Waals surface area contributed by atoms with Crippen LogP contribution in [0.1, 0.15) is 43.3 Å². The molecule has 31 heavy (non-hydrogen) atoms. The molecule has 2 amide bonds. The molecule has 0 unspecified atom stereocenters. The van der Waals surface area contributed by atoms with Gasteiger partial charge in [-0.15, -0.1) is 0 Å². The number of benzene rings is 1. The van der Waals surface area contributed by atoms with E-state index in [9.17, 15) is 4.79 Å². The van der Waals surface area contributed by atoms with Crippen molar-refractivity contribution in [2.45, 2.75) is 39.5 Å². The van der Waals surface area contributed by atoms with Gasteiger partial charge in [-0.1, -0.05) is 32.0 Å². The van der Waals surface area contributed by atoms with Crippen molar-refractivity contribution < 1.29 is 4.79 Å². The summed E-state index contributed by atoms with van der Waals surface area (Å²) in [6, 6.07) is 10.7. The van der Waals surface area contributed by atoms with Gasteiger partial charge in [0.2, 0.25) is 0 Å². The van der Waals surface area contributed by atoms with Crippen molar-refractivity contribution in [3.63, 3.8) is 0 Å². The number of nitrogens with one attached hydrogen (secondary N) is 1. The van der Waals surface area contributed by atoms with Crippen LogP contribution in [0.25, 0.3) is 0 Å². The molecule has 0 atom stereocenters. The van der Waals surface area contributed by atoms with Gasteiger partial charge in [0.05, 0.1) is 0 Å². The number of carbonyl (C=O) groups excluding carboxylic acids is 1. The molecule has 0 aliphatic carbocycles. The Hall–Kier alpha value is -2.83. The number of hydrogen-bond donors (Lipinski definition) is 1. The van der Waals surface area contributed by atoms with E-state index in [0.29, 0.717) is 25.6 Å². The molecule has 7 nitrogen and oxygen atoms in total. The van der Waals surface area contributed by atoms with Crippen molar-refractivity contribution in [2.75, 3.05) is 55.6 Å². The van der Waals surface area contributed by atoms with Gasteiger partial charge in [-0.2, -0.15) is 0 Å². The summed E-state index contributed by atoms with van der Waals surface area (Å²) in [6.45, 7) is 12.0. The van der Waals surface area contributed by atoms with Gasteiger partial charge in [0.1, 0.15) is 11.6 Å². The van der Waals surface area contributed by atoms with Crippen LogP contribution in [0.5, 0.6) is 0 Å². The van der Waals surface area contributed by atoms with Crippen LogP contribution in [-0.2, 0) is 6.42 Å². The molecule has 1 saturated heterocycles. The van der Waals surface area contributed by atoms with Crippen LogP contribution in [0.2, 0.25) is 0 Å². The van der Waals surface area contributed by atoms with Gasteiger partial charge < -0.3 is 20.0 Å². The third-order valence-electron chi connectivity index (χ3n) is 6.13. The Morgan fingerprint density at radius 2 is 1.87 bits per heavy atom. The number of nitrogens with zero attached hydrogens (tertiary/aromatic N) is 5. The lowest BCUT2D eigenvalue weighted by Crippen LogP contribution is -2.52. The second-order valence-corrected chi connectivity index (χ2v) is 8.81. The lowest BCUT2D eigenvalue weighted by Gasteiger charge is -2.35. The number of anilines is 2. The lowest BCUT2D eigenvalue weighted by molar-refractivity contribution is 0.194. The highest BCUT2D eigenvalue weighted by Gasteiger charge is 2.23. The normalized spacial score (nSPS) is 16.1.